The van der Waals surface area contributed by atoms with E-state index in [2.05, 4.69) is 29.6 Å². The summed E-state index contributed by atoms with van der Waals surface area (Å²) in [5.41, 5.74) is 1.33. The van der Waals surface area contributed by atoms with Crippen LogP contribution in [0.4, 0.5) is 0 Å². The molecule has 1 aromatic rings. The molecule has 21 heavy (non-hydrogen) atoms. The van der Waals surface area contributed by atoms with Crippen LogP contribution in [0.1, 0.15) is 44.1 Å². The maximum absolute atomic E-state index is 5.72. The Balaban J connectivity index is 1.27. The van der Waals surface area contributed by atoms with Gasteiger partial charge in [0.15, 0.2) is 0 Å². The fraction of sp³-hybridized carbons (Fsp3) is 0.667. The molecule has 0 amide bonds. The topological polar surface area (TPSA) is 30.5 Å². The predicted molar refractivity (Wildman–Crippen MR) is 84.6 cm³/mol. The van der Waals surface area contributed by atoms with Crippen molar-refractivity contribution in [3.63, 3.8) is 0 Å². The van der Waals surface area contributed by atoms with Crippen molar-refractivity contribution in [3.05, 3.63) is 29.8 Å². The van der Waals surface area contributed by atoms with E-state index in [0.717, 1.165) is 30.9 Å². The van der Waals surface area contributed by atoms with Crippen LogP contribution in [0.25, 0.3) is 0 Å². The summed E-state index contributed by atoms with van der Waals surface area (Å²) in [6, 6.07) is 9.16. The summed E-state index contributed by atoms with van der Waals surface area (Å²) in [7, 11) is 0. The summed E-state index contributed by atoms with van der Waals surface area (Å²) in [4.78, 5) is 0. The number of ether oxygens (including phenoxy) is 2. The lowest BCUT2D eigenvalue weighted by molar-refractivity contribution is 0.0754. The number of hydrogen-bond donors (Lipinski definition) is 1. The summed E-state index contributed by atoms with van der Waals surface area (Å²) in [6.45, 7) is 3.22. The highest BCUT2D eigenvalue weighted by Gasteiger charge is 2.19. The van der Waals surface area contributed by atoms with Crippen molar-refractivity contribution in [3.8, 4) is 5.75 Å². The molecule has 1 N–H and O–H groups in total. The molecule has 116 valence electrons. The highest BCUT2D eigenvalue weighted by Crippen LogP contribution is 2.24. The van der Waals surface area contributed by atoms with Gasteiger partial charge in [0.25, 0.3) is 0 Å². The summed E-state index contributed by atoms with van der Waals surface area (Å²) in [5.74, 6) is 1.73. The molecule has 0 bridgehead atoms. The third kappa shape index (κ3) is 5.33. The van der Waals surface area contributed by atoms with Gasteiger partial charge in [-0.3, -0.25) is 0 Å². The van der Waals surface area contributed by atoms with E-state index in [0.29, 0.717) is 13.2 Å². The Morgan fingerprint density at radius 2 is 1.71 bits per heavy atom. The van der Waals surface area contributed by atoms with Gasteiger partial charge in [-0.05, 0) is 49.3 Å². The standard InChI is InChI=1S/C18H27NO2/c1-2-4-16(3-1)14-20-11-12-21-18-9-5-15(6-10-18)13-19-17-7-8-17/h5-6,9-10,16-17,19H,1-4,7-8,11-14H2. The molecule has 1 aromatic carbocycles. The first-order valence-electron chi connectivity index (χ1n) is 8.43. The predicted octanol–water partition coefficient (Wildman–Crippen LogP) is 3.52. The third-order valence-electron chi connectivity index (χ3n) is 4.42. The highest BCUT2D eigenvalue weighted by atomic mass is 16.5. The van der Waals surface area contributed by atoms with Crippen LogP contribution >= 0.6 is 0 Å². The van der Waals surface area contributed by atoms with E-state index in [9.17, 15) is 0 Å². The lowest BCUT2D eigenvalue weighted by Crippen LogP contribution is -2.15. The lowest BCUT2D eigenvalue weighted by Gasteiger charge is -2.11. The number of hydrogen-bond acceptors (Lipinski definition) is 3. The molecular formula is C18H27NO2. The molecule has 0 atom stereocenters. The molecule has 0 heterocycles. The monoisotopic (exact) mass is 289 g/mol. The summed E-state index contributed by atoms with van der Waals surface area (Å²) >= 11 is 0. The van der Waals surface area contributed by atoms with Gasteiger partial charge < -0.3 is 14.8 Å². The Morgan fingerprint density at radius 1 is 0.952 bits per heavy atom. The average molecular weight is 289 g/mol. The van der Waals surface area contributed by atoms with Gasteiger partial charge in [0.2, 0.25) is 0 Å². The van der Waals surface area contributed by atoms with Crippen molar-refractivity contribution in [2.75, 3.05) is 19.8 Å². The Hall–Kier alpha value is -1.06. The van der Waals surface area contributed by atoms with Crippen molar-refractivity contribution in [1.82, 2.24) is 5.32 Å². The minimum Gasteiger partial charge on any atom is -0.491 e. The van der Waals surface area contributed by atoms with Crippen LogP contribution < -0.4 is 10.1 Å². The van der Waals surface area contributed by atoms with Gasteiger partial charge in [-0.25, -0.2) is 0 Å². The Morgan fingerprint density at radius 3 is 2.43 bits per heavy atom. The molecule has 0 saturated heterocycles. The highest BCUT2D eigenvalue weighted by molar-refractivity contribution is 5.27. The molecule has 0 aliphatic heterocycles. The molecule has 0 unspecified atom stereocenters. The van der Waals surface area contributed by atoms with Crippen molar-refractivity contribution < 1.29 is 9.47 Å². The molecule has 0 radical (unpaired) electrons. The maximum Gasteiger partial charge on any atom is 0.119 e. The SMILES string of the molecule is c1cc(OCCOCC2CCCC2)ccc1CNC1CC1. The van der Waals surface area contributed by atoms with Gasteiger partial charge in [0.1, 0.15) is 12.4 Å². The molecule has 2 fully saturated rings. The lowest BCUT2D eigenvalue weighted by atomic mass is 10.1. The molecule has 3 rings (SSSR count). The van der Waals surface area contributed by atoms with Crippen LogP contribution in [0, 0.1) is 5.92 Å². The fourth-order valence-corrected chi connectivity index (χ4v) is 2.90. The number of rotatable bonds is 9. The smallest absolute Gasteiger partial charge is 0.119 e. The van der Waals surface area contributed by atoms with Crippen LogP contribution in [0.3, 0.4) is 0 Å². The van der Waals surface area contributed by atoms with Crippen molar-refractivity contribution in [1.29, 1.82) is 0 Å². The summed E-state index contributed by atoms with van der Waals surface area (Å²) < 4.78 is 11.4. The second kappa shape index (κ2) is 7.81. The molecular weight excluding hydrogens is 262 g/mol. The van der Waals surface area contributed by atoms with Gasteiger partial charge in [0.05, 0.1) is 6.61 Å². The van der Waals surface area contributed by atoms with Crippen molar-refractivity contribution >= 4 is 0 Å². The average Bonchev–Trinajstić information content (AvgIpc) is 3.20. The first kappa shape index (κ1) is 14.9. The third-order valence-corrected chi connectivity index (χ3v) is 4.42. The Bertz CT molecular complexity index is 408. The van der Waals surface area contributed by atoms with E-state index >= 15 is 0 Å². The van der Waals surface area contributed by atoms with Crippen LogP contribution in [0.15, 0.2) is 24.3 Å². The second-order valence-electron chi connectivity index (χ2n) is 6.37. The molecule has 3 heteroatoms. The number of nitrogens with one attached hydrogen (secondary N) is 1. The van der Waals surface area contributed by atoms with Crippen molar-refractivity contribution in [2.45, 2.75) is 51.1 Å². The van der Waals surface area contributed by atoms with E-state index in [4.69, 9.17) is 9.47 Å². The van der Waals surface area contributed by atoms with Gasteiger partial charge >= 0.3 is 0 Å². The largest absolute Gasteiger partial charge is 0.491 e. The molecule has 3 nitrogen and oxygen atoms in total. The minimum atomic E-state index is 0.645. The zero-order valence-corrected chi connectivity index (χ0v) is 12.9. The molecule has 0 spiro atoms. The maximum atomic E-state index is 5.72. The van der Waals surface area contributed by atoms with Crippen LogP contribution in [0.5, 0.6) is 5.75 Å². The van der Waals surface area contributed by atoms with Crippen LogP contribution in [-0.4, -0.2) is 25.9 Å². The molecule has 2 saturated carbocycles. The first-order valence-corrected chi connectivity index (χ1v) is 8.43. The van der Waals surface area contributed by atoms with E-state index in [-0.39, 0.29) is 0 Å². The van der Waals surface area contributed by atoms with Gasteiger partial charge in [-0.1, -0.05) is 25.0 Å². The fourth-order valence-electron chi connectivity index (χ4n) is 2.90. The first-order chi connectivity index (χ1) is 10.4. The van der Waals surface area contributed by atoms with E-state index in [1.807, 2.05) is 0 Å². The van der Waals surface area contributed by atoms with Gasteiger partial charge in [-0.2, -0.15) is 0 Å². The molecule has 2 aliphatic rings. The van der Waals surface area contributed by atoms with Crippen LogP contribution in [0.2, 0.25) is 0 Å². The Kier molecular flexibility index (Phi) is 5.53. The summed E-state index contributed by atoms with van der Waals surface area (Å²) in [6.07, 6.45) is 8.12. The quantitative estimate of drug-likeness (QED) is 0.706. The van der Waals surface area contributed by atoms with E-state index < -0.39 is 0 Å². The zero-order valence-electron chi connectivity index (χ0n) is 12.9. The van der Waals surface area contributed by atoms with E-state index in [1.165, 1.54) is 44.1 Å². The summed E-state index contributed by atoms with van der Waals surface area (Å²) in [5, 5.41) is 3.52. The Labute approximate surface area is 128 Å². The van der Waals surface area contributed by atoms with Crippen molar-refractivity contribution in [2.24, 2.45) is 5.92 Å². The second-order valence-corrected chi connectivity index (χ2v) is 6.37. The minimum absolute atomic E-state index is 0.645. The molecule has 0 aromatic heterocycles. The molecule has 2 aliphatic carbocycles. The number of benzene rings is 1. The van der Waals surface area contributed by atoms with E-state index in [1.54, 1.807) is 0 Å². The van der Waals surface area contributed by atoms with Gasteiger partial charge in [0, 0.05) is 19.2 Å². The normalized spacial score (nSPS) is 19.0. The zero-order chi connectivity index (χ0) is 14.3. The van der Waals surface area contributed by atoms with Crippen LogP contribution in [-0.2, 0) is 11.3 Å². The van der Waals surface area contributed by atoms with Gasteiger partial charge in [-0.15, -0.1) is 0 Å².